The minimum atomic E-state index is -0.365. The van der Waals surface area contributed by atoms with Crippen LogP contribution >= 0.6 is 11.6 Å². The van der Waals surface area contributed by atoms with E-state index in [1.807, 2.05) is 51.1 Å². The fourth-order valence-corrected chi connectivity index (χ4v) is 3.84. The molecule has 0 aliphatic heterocycles. The molecule has 0 atom stereocenters. The van der Waals surface area contributed by atoms with E-state index in [0.717, 1.165) is 16.5 Å². The fourth-order valence-electron chi connectivity index (χ4n) is 3.63. The molecule has 4 aromatic rings. The number of anilines is 1. The average Bonchev–Trinajstić information content (AvgIpc) is 3.14. The lowest BCUT2D eigenvalue weighted by molar-refractivity contribution is 0.0944. The molecule has 0 unspecified atom stereocenters. The number of para-hydroxylation sites is 2. The summed E-state index contributed by atoms with van der Waals surface area (Å²) in [5.74, 6) is -0.147. The molecule has 0 radical (unpaired) electrons. The smallest absolute Gasteiger partial charge is 0.272 e. The second-order valence-electron chi connectivity index (χ2n) is 7.81. The van der Waals surface area contributed by atoms with E-state index in [4.69, 9.17) is 11.6 Å². The highest BCUT2D eigenvalue weighted by Gasteiger charge is 2.22. The fraction of sp³-hybridized carbons (Fsp3) is 0.160. The van der Waals surface area contributed by atoms with Crippen molar-refractivity contribution >= 4 is 40.0 Å². The number of hydrogen-bond donors (Lipinski definition) is 2. The van der Waals surface area contributed by atoms with Crippen molar-refractivity contribution in [3.8, 4) is 5.82 Å². The summed E-state index contributed by atoms with van der Waals surface area (Å²) in [6.45, 7) is 5.63. The van der Waals surface area contributed by atoms with Crippen LogP contribution in [0.2, 0.25) is 5.02 Å². The third-order valence-electron chi connectivity index (χ3n) is 5.07. The van der Waals surface area contributed by atoms with Gasteiger partial charge in [0.2, 0.25) is 0 Å². The van der Waals surface area contributed by atoms with E-state index in [-0.39, 0.29) is 17.9 Å². The highest BCUT2D eigenvalue weighted by Crippen LogP contribution is 2.29. The van der Waals surface area contributed by atoms with E-state index in [1.165, 1.54) is 0 Å². The first kappa shape index (κ1) is 21.6. The second kappa shape index (κ2) is 8.85. The van der Waals surface area contributed by atoms with Gasteiger partial charge in [-0.15, -0.1) is 0 Å². The number of benzene rings is 2. The Bertz CT molecular complexity index is 1330. The van der Waals surface area contributed by atoms with Crippen molar-refractivity contribution in [3.05, 3.63) is 88.7 Å². The van der Waals surface area contributed by atoms with Crippen LogP contribution in [0.3, 0.4) is 0 Å². The molecule has 0 aliphatic carbocycles. The topological polar surface area (TPSA) is 76.0 Å². The molecule has 4 rings (SSSR count). The van der Waals surface area contributed by atoms with Gasteiger partial charge in [-0.2, -0.15) is 0 Å². The number of aryl methyl sites for hydroxylation is 1. The summed E-state index contributed by atoms with van der Waals surface area (Å²) in [6.07, 6.45) is 1.63. The van der Waals surface area contributed by atoms with E-state index in [0.29, 0.717) is 27.8 Å². The molecular formula is C25H23ClN4O2. The molecule has 0 saturated carbocycles. The van der Waals surface area contributed by atoms with Crippen molar-refractivity contribution in [2.24, 2.45) is 0 Å². The van der Waals surface area contributed by atoms with Crippen LogP contribution in [0.5, 0.6) is 0 Å². The number of nitrogens with zero attached hydrogens (tertiary/aromatic N) is 2. The Balaban J connectivity index is 1.81. The molecule has 2 aromatic heterocycles. The van der Waals surface area contributed by atoms with Crippen LogP contribution in [0.1, 0.15) is 40.3 Å². The SMILES string of the molecule is Cc1cccc(C(=O)NC(C)C)c1NC(=O)c1cc2ccccc2n1-c1ncccc1Cl. The van der Waals surface area contributed by atoms with Crippen LogP contribution in [0, 0.1) is 6.92 Å². The Morgan fingerprint density at radius 3 is 2.53 bits per heavy atom. The van der Waals surface area contributed by atoms with Gasteiger partial charge >= 0.3 is 0 Å². The largest absolute Gasteiger partial charge is 0.350 e. The summed E-state index contributed by atoms with van der Waals surface area (Å²) < 4.78 is 1.74. The maximum Gasteiger partial charge on any atom is 0.272 e. The Morgan fingerprint density at radius 1 is 1.00 bits per heavy atom. The van der Waals surface area contributed by atoms with Crippen molar-refractivity contribution in [2.45, 2.75) is 26.8 Å². The number of carbonyl (C=O) groups is 2. The van der Waals surface area contributed by atoms with Gasteiger partial charge in [-0.1, -0.05) is 41.9 Å². The summed E-state index contributed by atoms with van der Waals surface area (Å²) in [6, 6.07) is 18.2. The van der Waals surface area contributed by atoms with Crippen LogP contribution in [0.25, 0.3) is 16.7 Å². The maximum atomic E-state index is 13.5. The Labute approximate surface area is 191 Å². The lowest BCUT2D eigenvalue weighted by Crippen LogP contribution is -2.31. The minimum Gasteiger partial charge on any atom is -0.350 e. The summed E-state index contributed by atoms with van der Waals surface area (Å²) in [5, 5.41) is 7.13. The van der Waals surface area contributed by atoms with Crippen LogP contribution in [0.4, 0.5) is 5.69 Å². The standard InChI is InChI=1S/C25H23ClN4O2/c1-15(2)28-24(31)18-10-6-8-16(3)22(18)29-25(32)21-14-17-9-4-5-12-20(17)30(21)23-19(26)11-7-13-27-23/h4-15H,1-3H3,(H,28,31)(H,29,32). The Morgan fingerprint density at radius 2 is 1.78 bits per heavy atom. The molecule has 2 heterocycles. The van der Waals surface area contributed by atoms with Gasteiger partial charge in [-0.25, -0.2) is 4.98 Å². The normalized spacial score (nSPS) is 11.0. The number of aromatic nitrogens is 2. The van der Waals surface area contributed by atoms with Crippen LogP contribution < -0.4 is 10.6 Å². The zero-order chi connectivity index (χ0) is 22.8. The number of halogens is 1. The average molecular weight is 447 g/mol. The van der Waals surface area contributed by atoms with E-state index < -0.39 is 0 Å². The molecule has 2 N–H and O–H groups in total. The zero-order valence-corrected chi connectivity index (χ0v) is 18.8. The van der Waals surface area contributed by atoms with Gasteiger partial charge < -0.3 is 10.6 Å². The molecule has 32 heavy (non-hydrogen) atoms. The van der Waals surface area contributed by atoms with Gasteiger partial charge in [-0.05, 0) is 56.7 Å². The van der Waals surface area contributed by atoms with E-state index in [9.17, 15) is 9.59 Å². The quantitative estimate of drug-likeness (QED) is 0.432. The summed E-state index contributed by atoms with van der Waals surface area (Å²) in [5.41, 5.74) is 2.84. The van der Waals surface area contributed by atoms with E-state index in [1.54, 1.807) is 41.1 Å². The van der Waals surface area contributed by atoms with Gasteiger partial charge in [-0.3, -0.25) is 14.2 Å². The first-order chi connectivity index (χ1) is 15.4. The number of carbonyl (C=O) groups excluding carboxylic acids is 2. The van der Waals surface area contributed by atoms with E-state index >= 15 is 0 Å². The second-order valence-corrected chi connectivity index (χ2v) is 8.22. The molecule has 2 aromatic carbocycles. The van der Waals surface area contributed by atoms with Gasteiger partial charge in [0.15, 0.2) is 5.82 Å². The van der Waals surface area contributed by atoms with Crippen molar-refractivity contribution < 1.29 is 9.59 Å². The lowest BCUT2D eigenvalue weighted by atomic mass is 10.1. The van der Waals surface area contributed by atoms with Crippen LogP contribution in [-0.4, -0.2) is 27.4 Å². The third-order valence-corrected chi connectivity index (χ3v) is 5.37. The number of nitrogens with one attached hydrogen (secondary N) is 2. The number of rotatable bonds is 5. The van der Waals surface area contributed by atoms with Gasteiger partial charge in [0.05, 0.1) is 21.8 Å². The molecule has 7 heteroatoms. The minimum absolute atomic E-state index is 0.0274. The number of amides is 2. The number of hydrogen-bond acceptors (Lipinski definition) is 3. The predicted octanol–water partition coefficient (Wildman–Crippen LogP) is 5.38. The van der Waals surface area contributed by atoms with Crippen molar-refractivity contribution in [2.75, 3.05) is 5.32 Å². The number of pyridine rings is 1. The summed E-state index contributed by atoms with van der Waals surface area (Å²) in [7, 11) is 0. The zero-order valence-electron chi connectivity index (χ0n) is 18.0. The monoisotopic (exact) mass is 446 g/mol. The third kappa shape index (κ3) is 4.09. The van der Waals surface area contributed by atoms with Gasteiger partial charge in [0.1, 0.15) is 5.69 Å². The molecule has 0 saturated heterocycles. The maximum absolute atomic E-state index is 13.5. The van der Waals surface area contributed by atoms with Gasteiger partial charge in [0.25, 0.3) is 11.8 Å². The molecular weight excluding hydrogens is 424 g/mol. The molecule has 2 amide bonds. The highest BCUT2D eigenvalue weighted by molar-refractivity contribution is 6.32. The highest BCUT2D eigenvalue weighted by atomic mass is 35.5. The summed E-state index contributed by atoms with van der Waals surface area (Å²) in [4.78, 5) is 30.6. The van der Waals surface area contributed by atoms with Crippen molar-refractivity contribution in [1.29, 1.82) is 0 Å². The van der Waals surface area contributed by atoms with Crippen molar-refractivity contribution in [1.82, 2.24) is 14.9 Å². The van der Waals surface area contributed by atoms with Gasteiger partial charge in [0, 0.05) is 17.6 Å². The van der Waals surface area contributed by atoms with Crippen molar-refractivity contribution in [3.63, 3.8) is 0 Å². The molecule has 0 bridgehead atoms. The van der Waals surface area contributed by atoms with Crippen LogP contribution in [-0.2, 0) is 0 Å². The Hall–Kier alpha value is -3.64. The first-order valence-corrected chi connectivity index (χ1v) is 10.7. The molecule has 0 fully saturated rings. The summed E-state index contributed by atoms with van der Waals surface area (Å²) >= 11 is 6.43. The van der Waals surface area contributed by atoms with Crippen LogP contribution in [0.15, 0.2) is 66.9 Å². The molecule has 0 spiro atoms. The Kier molecular flexibility index (Phi) is 5.97. The lowest BCUT2D eigenvalue weighted by Gasteiger charge is -2.16. The number of fused-ring (bicyclic) bond motifs is 1. The molecule has 0 aliphatic rings. The van der Waals surface area contributed by atoms with E-state index in [2.05, 4.69) is 15.6 Å². The molecule has 6 nitrogen and oxygen atoms in total. The predicted molar refractivity (Wildman–Crippen MR) is 128 cm³/mol. The first-order valence-electron chi connectivity index (χ1n) is 10.3. The molecule has 162 valence electrons.